The van der Waals surface area contributed by atoms with Crippen LogP contribution in [0.4, 0.5) is 10.1 Å². The number of hydrogen-bond acceptors (Lipinski definition) is 3. The Bertz CT molecular complexity index is 1040. The Hall–Kier alpha value is -2.44. The van der Waals surface area contributed by atoms with Gasteiger partial charge in [-0.2, -0.15) is 0 Å². The predicted octanol–water partition coefficient (Wildman–Crippen LogP) is 5.49. The predicted molar refractivity (Wildman–Crippen MR) is 138 cm³/mol. The minimum Gasteiger partial charge on any atom is -0.355 e. The first-order chi connectivity index (χ1) is 16.8. The van der Waals surface area contributed by atoms with Crippen molar-refractivity contribution in [1.29, 1.82) is 0 Å². The molecule has 5 nitrogen and oxygen atoms in total. The molecule has 35 heavy (non-hydrogen) atoms. The Labute approximate surface area is 212 Å². The average Bonchev–Trinajstić information content (AvgIpc) is 3.66. The molecule has 0 unspecified atom stereocenters. The molecule has 0 atom stereocenters. The molecule has 0 radical (unpaired) electrons. The molecule has 1 saturated heterocycles. The second-order valence-corrected chi connectivity index (χ2v) is 10.6. The molecule has 1 aliphatic heterocycles. The second-order valence-electron chi connectivity index (χ2n) is 10.2. The van der Waals surface area contributed by atoms with Crippen LogP contribution in [0.25, 0.3) is 0 Å². The number of rotatable bonds is 9. The van der Waals surface area contributed by atoms with Crippen molar-refractivity contribution in [3.63, 3.8) is 0 Å². The van der Waals surface area contributed by atoms with Crippen LogP contribution >= 0.6 is 11.6 Å². The summed E-state index contributed by atoms with van der Waals surface area (Å²) in [5, 5.41) is 6.53. The van der Waals surface area contributed by atoms with Gasteiger partial charge in [-0.3, -0.25) is 9.59 Å². The van der Waals surface area contributed by atoms with Crippen molar-refractivity contribution in [3.05, 3.63) is 64.4 Å². The largest absolute Gasteiger partial charge is 0.355 e. The summed E-state index contributed by atoms with van der Waals surface area (Å²) in [6, 6.07) is 12.7. The van der Waals surface area contributed by atoms with Crippen LogP contribution in [0.3, 0.4) is 0 Å². The van der Waals surface area contributed by atoms with Crippen molar-refractivity contribution >= 4 is 29.1 Å². The van der Waals surface area contributed by atoms with E-state index < -0.39 is 5.82 Å². The molecule has 188 valence electrons. The Kier molecular flexibility index (Phi) is 8.12. The van der Waals surface area contributed by atoms with Crippen molar-refractivity contribution in [2.24, 2.45) is 5.92 Å². The highest BCUT2D eigenvalue weighted by molar-refractivity contribution is 6.30. The number of nitrogens with zero attached hydrogens (tertiary/aromatic N) is 1. The third-order valence-corrected chi connectivity index (χ3v) is 7.60. The normalized spacial score (nSPS) is 17.9. The number of likely N-dealkylation sites (tertiary alicyclic amines) is 1. The fraction of sp³-hybridized carbons (Fsp3) is 0.500. The molecule has 7 heteroatoms. The van der Waals surface area contributed by atoms with E-state index in [0.29, 0.717) is 17.5 Å². The van der Waals surface area contributed by atoms with E-state index >= 15 is 0 Å². The van der Waals surface area contributed by atoms with Gasteiger partial charge in [-0.05, 0) is 93.0 Å². The SMILES string of the molecule is CC(C)C(=O)Nc1cc(C2CCN(CCCNC(=O)C3(c4ccc(Cl)cc4)CC3)CC2)ccc1F. The van der Waals surface area contributed by atoms with Gasteiger partial charge in [0, 0.05) is 17.5 Å². The van der Waals surface area contributed by atoms with Crippen LogP contribution in [0.1, 0.15) is 63.0 Å². The van der Waals surface area contributed by atoms with Crippen LogP contribution < -0.4 is 10.6 Å². The van der Waals surface area contributed by atoms with Crippen molar-refractivity contribution in [2.45, 2.75) is 57.3 Å². The van der Waals surface area contributed by atoms with Gasteiger partial charge in [0.05, 0.1) is 11.1 Å². The first-order valence-corrected chi connectivity index (χ1v) is 13.0. The Morgan fingerprint density at radius 3 is 2.43 bits per heavy atom. The van der Waals surface area contributed by atoms with E-state index in [1.807, 2.05) is 30.3 Å². The molecule has 0 aromatic heterocycles. The lowest BCUT2D eigenvalue weighted by molar-refractivity contribution is -0.123. The van der Waals surface area contributed by atoms with E-state index in [0.717, 1.165) is 62.9 Å². The first kappa shape index (κ1) is 25.6. The third kappa shape index (κ3) is 6.22. The minimum absolute atomic E-state index is 0.121. The summed E-state index contributed by atoms with van der Waals surface area (Å²) in [7, 11) is 0. The van der Waals surface area contributed by atoms with E-state index in [1.54, 1.807) is 19.9 Å². The molecule has 2 fully saturated rings. The van der Waals surface area contributed by atoms with Crippen LogP contribution in [0, 0.1) is 11.7 Å². The van der Waals surface area contributed by atoms with Crippen LogP contribution in [0.2, 0.25) is 5.02 Å². The first-order valence-electron chi connectivity index (χ1n) is 12.7. The van der Waals surface area contributed by atoms with Gasteiger partial charge in [-0.25, -0.2) is 4.39 Å². The second kappa shape index (κ2) is 11.1. The lowest BCUT2D eigenvalue weighted by Crippen LogP contribution is -2.38. The van der Waals surface area contributed by atoms with Crippen LogP contribution in [0.15, 0.2) is 42.5 Å². The molecule has 1 saturated carbocycles. The quantitative estimate of drug-likeness (QED) is 0.448. The number of carbonyl (C=O) groups excluding carboxylic acids is 2. The number of halogens is 2. The van der Waals surface area contributed by atoms with E-state index in [-0.39, 0.29) is 28.8 Å². The fourth-order valence-electron chi connectivity index (χ4n) is 4.87. The van der Waals surface area contributed by atoms with Crippen molar-refractivity contribution in [2.75, 3.05) is 31.5 Å². The molecule has 1 heterocycles. The number of nitrogens with one attached hydrogen (secondary N) is 2. The summed E-state index contributed by atoms with van der Waals surface area (Å²) in [5.41, 5.74) is 2.03. The Morgan fingerprint density at radius 2 is 1.80 bits per heavy atom. The van der Waals surface area contributed by atoms with Crippen LogP contribution in [-0.2, 0) is 15.0 Å². The topological polar surface area (TPSA) is 61.4 Å². The Morgan fingerprint density at radius 1 is 1.11 bits per heavy atom. The number of hydrogen-bond donors (Lipinski definition) is 2. The monoisotopic (exact) mass is 499 g/mol. The van der Waals surface area contributed by atoms with Crippen molar-refractivity contribution in [1.82, 2.24) is 10.2 Å². The summed E-state index contributed by atoms with van der Waals surface area (Å²) >= 11 is 5.99. The highest BCUT2D eigenvalue weighted by Crippen LogP contribution is 2.48. The summed E-state index contributed by atoms with van der Waals surface area (Å²) in [4.78, 5) is 27.2. The molecule has 2 N–H and O–H groups in total. The van der Waals surface area contributed by atoms with Gasteiger partial charge in [0.2, 0.25) is 11.8 Å². The Balaban J connectivity index is 1.20. The van der Waals surface area contributed by atoms with Gasteiger partial charge in [-0.15, -0.1) is 0 Å². The molecule has 2 amide bonds. The number of anilines is 1. The fourth-order valence-corrected chi connectivity index (χ4v) is 5.00. The number of piperidine rings is 1. The van der Waals surface area contributed by atoms with Gasteiger partial charge in [0.25, 0.3) is 0 Å². The summed E-state index contributed by atoms with van der Waals surface area (Å²) in [6.07, 6.45) is 4.68. The molecule has 4 rings (SSSR count). The standard InChI is InChI=1S/C28H35ClFN3O2/c1-19(2)26(34)32-25-18-21(4-9-24(25)30)20-10-16-33(17-11-20)15-3-14-31-27(35)28(12-13-28)22-5-7-23(29)8-6-22/h4-9,18-20H,3,10-17H2,1-2H3,(H,31,35)(H,32,34). The van der Waals surface area contributed by atoms with Gasteiger partial charge in [-0.1, -0.05) is 43.6 Å². The van der Waals surface area contributed by atoms with Gasteiger partial charge in [0.15, 0.2) is 0 Å². The lowest BCUT2D eigenvalue weighted by Gasteiger charge is -2.32. The van der Waals surface area contributed by atoms with E-state index in [2.05, 4.69) is 15.5 Å². The van der Waals surface area contributed by atoms with Gasteiger partial charge in [0.1, 0.15) is 5.82 Å². The van der Waals surface area contributed by atoms with E-state index in [4.69, 9.17) is 11.6 Å². The van der Waals surface area contributed by atoms with Crippen LogP contribution in [0.5, 0.6) is 0 Å². The maximum Gasteiger partial charge on any atom is 0.230 e. The van der Waals surface area contributed by atoms with Crippen molar-refractivity contribution in [3.8, 4) is 0 Å². The number of benzene rings is 2. The van der Waals surface area contributed by atoms with Gasteiger partial charge >= 0.3 is 0 Å². The zero-order valence-corrected chi connectivity index (χ0v) is 21.3. The molecule has 1 aliphatic carbocycles. The number of carbonyl (C=O) groups is 2. The van der Waals surface area contributed by atoms with Crippen LogP contribution in [-0.4, -0.2) is 42.9 Å². The minimum atomic E-state index is -0.397. The third-order valence-electron chi connectivity index (χ3n) is 7.35. The number of amides is 2. The average molecular weight is 500 g/mol. The van der Waals surface area contributed by atoms with Crippen molar-refractivity contribution < 1.29 is 14.0 Å². The summed E-state index contributed by atoms with van der Waals surface area (Å²) in [6.45, 7) is 7.14. The smallest absolute Gasteiger partial charge is 0.230 e. The zero-order chi connectivity index (χ0) is 25.0. The van der Waals surface area contributed by atoms with E-state index in [1.165, 1.54) is 6.07 Å². The lowest BCUT2D eigenvalue weighted by atomic mass is 9.89. The molecule has 0 bridgehead atoms. The summed E-state index contributed by atoms with van der Waals surface area (Å²) < 4.78 is 14.2. The zero-order valence-electron chi connectivity index (χ0n) is 20.6. The molecule has 2 aromatic rings. The summed E-state index contributed by atoms with van der Waals surface area (Å²) in [5.74, 6) is -0.293. The highest BCUT2D eigenvalue weighted by Gasteiger charge is 2.50. The van der Waals surface area contributed by atoms with Gasteiger partial charge < -0.3 is 15.5 Å². The molecule has 2 aliphatic rings. The molecular weight excluding hydrogens is 465 g/mol. The highest BCUT2D eigenvalue weighted by atomic mass is 35.5. The molecule has 0 spiro atoms. The molecular formula is C28H35ClFN3O2. The van der Waals surface area contributed by atoms with E-state index in [9.17, 15) is 14.0 Å². The molecule has 2 aromatic carbocycles. The maximum atomic E-state index is 14.2. The maximum absolute atomic E-state index is 14.2.